The Morgan fingerprint density at radius 2 is 1.43 bits per heavy atom. The van der Waals surface area contributed by atoms with Gasteiger partial charge in [-0.15, -0.1) is 0 Å². The van der Waals surface area contributed by atoms with Crippen molar-refractivity contribution in [3.63, 3.8) is 0 Å². The molecule has 2 rings (SSSR count). The van der Waals surface area contributed by atoms with E-state index in [-0.39, 0.29) is 17.0 Å². The minimum Gasteiger partial charge on any atom is -0.326 e. The van der Waals surface area contributed by atoms with Crippen molar-refractivity contribution in [2.75, 3.05) is 0 Å². The molecule has 2 nitrogen and oxygen atoms in total. The van der Waals surface area contributed by atoms with Crippen LogP contribution in [0.2, 0.25) is 0 Å². The molecule has 0 aliphatic heterocycles. The van der Waals surface area contributed by atoms with Crippen molar-refractivity contribution in [3.05, 3.63) is 0 Å². The molecule has 0 aromatic rings. The molecule has 0 heterocycles. The van der Waals surface area contributed by atoms with Gasteiger partial charge in [-0.2, -0.15) is 0 Å². The summed E-state index contributed by atoms with van der Waals surface area (Å²) in [7, 11) is 0. The molecule has 136 valence electrons. The summed E-state index contributed by atoms with van der Waals surface area (Å²) in [5, 5.41) is 0. The lowest BCUT2D eigenvalue weighted by molar-refractivity contribution is -0.0996. The van der Waals surface area contributed by atoms with Crippen LogP contribution in [-0.4, -0.2) is 11.6 Å². The highest BCUT2D eigenvalue weighted by molar-refractivity contribution is 5.16. The number of nitrogens with two attached hydrogens (primary N) is 2. The lowest BCUT2D eigenvalue weighted by Crippen LogP contribution is -2.73. The Balaban J connectivity index is 2.47. The molecule has 0 spiro atoms. The van der Waals surface area contributed by atoms with E-state index in [1.165, 1.54) is 38.5 Å². The minimum absolute atomic E-state index is 0.123. The van der Waals surface area contributed by atoms with Crippen molar-refractivity contribution in [2.45, 2.75) is 104 Å². The lowest BCUT2D eigenvalue weighted by Gasteiger charge is -2.64. The van der Waals surface area contributed by atoms with Crippen LogP contribution in [0.25, 0.3) is 0 Å². The van der Waals surface area contributed by atoms with Crippen molar-refractivity contribution in [1.82, 2.24) is 0 Å². The predicted molar refractivity (Wildman–Crippen MR) is 101 cm³/mol. The smallest absolute Gasteiger partial charge is 0.0372 e. The molecule has 2 atom stereocenters. The van der Waals surface area contributed by atoms with Gasteiger partial charge in [0.15, 0.2) is 0 Å². The molecule has 2 saturated carbocycles. The third-order valence-electron chi connectivity index (χ3n) is 7.65. The van der Waals surface area contributed by atoms with Gasteiger partial charge in [-0.25, -0.2) is 0 Å². The summed E-state index contributed by atoms with van der Waals surface area (Å²) in [6.45, 7) is 14.4. The zero-order valence-corrected chi connectivity index (χ0v) is 16.6. The van der Waals surface area contributed by atoms with E-state index in [2.05, 4.69) is 41.5 Å². The molecule has 2 unspecified atom stereocenters. The molecule has 0 aromatic carbocycles. The fraction of sp³-hybridized carbons (Fsp3) is 1.00. The third kappa shape index (κ3) is 3.11. The standard InChI is InChI=1S/C21H42N2/c1-15(2)21(16(3)4,17-10-8-7-9-11-17)20(23)13-12-19(5,6)14-18(20)22/h15-18H,7-14,22-23H2,1-6H3. The molecule has 23 heavy (non-hydrogen) atoms. The Hall–Kier alpha value is -0.0800. The van der Waals surface area contributed by atoms with E-state index in [1.807, 2.05) is 0 Å². The van der Waals surface area contributed by atoms with Crippen LogP contribution < -0.4 is 11.5 Å². The Morgan fingerprint density at radius 3 is 1.87 bits per heavy atom. The zero-order chi connectivity index (χ0) is 17.5. The van der Waals surface area contributed by atoms with E-state index in [0.29, 0.717) is 17.3 Å². The van der Waals surface area contributed by atoms with Crippen LogP contribution >= 0.6 is 0 Å². The zero-order valence-electron chi connectivity index (χ0n) is 16.6. The van der Waals surface area contributed by atoms with Gasteiger partial charge >= 0.3 is 0 Å². The van der Waals surface area contributed by atoms with Crippen LogP contribution in [0.5, 0.6) is 0 Å². The Bertz CT molecular complexity index is 385. The second kappa shape index (κ2) is 6.67. The average Bonchev–Trinajstić information content (AvgIpc) is 2.44. The predicted octanol–water partition coefficient (Wildman–Crippen LogP) is 5.10. The first-order valence-electron chi connectivity index (χ1n) is 10.1. The Labute approximate surface area is 145 Å². The summed E-state index contributed by atoms with van der Waals surface area (Å²) < 4.78 is 0. The van der Waals surface area contributed by atoms with E-state index in [9.17, 15) is 0 Å². The van der Waals surface area contributed by atoms with Gasteiger partial charge in [-0.1, -0.05) is 60.8 Å². The Morgan fingerprint density at radius 1 is 0.913 bits per heavy atom. The van der Waals surface area contributed by atoms with Gasteiger partial charge in [-0.05, 0) is 60.7 Å². The molecule has 0 saturated heterocycles. The minimum atomic E-state index is -0.215. The third-order valence-corrected chi connectivity index (χ3v) is 7.65. The topological polar surface area (TPSA) is 52.0 Å². The van der Waals surface area contributed by atoms with Gasteiger partial charge in [0.05, 0.1) is 0 Å². The van der Waals surface area contributed by atoms with Crippen LogP contribution in [0, 0.1) is 28.6 Å². The molecule has 2 aliphatic rings. The molecule has 2 fully saturated rings. The lowest BCUT2D eigenvalue weighted by atomic mass is 9.44. The van der Waals surface area contributed by atoms with Crippen molar-refractivity contribution >= 4 is 0 Å². The van der Waals surface area contributed by atoms with E-state index in [1.54, 1.807) is 0 Å². The van der Waals surface area contributed by atoms with E-state index in [4.69, 9.17) is 11.5 Å². The first kappa shape index (κ1) is 19.2. The summed E-state index contributed by atoms with van der Waals surface area (Å²) >= 11 is 0. The molecule has 0 bridgehead atoms. The average molecular weight is 323 g/mol. The molecule has 4 N–H and O–H groups in total. The van der Waals surface area contributed by atoms with Crippen molar-refractivity contribution in [3.8, 4) is 0 Å². The van der Waals surface area contributed by atoms with E-state index < -0.39 is 0 Å². The highest BCUT2D eigenvalue weighted by Gasteiger charge is 2.60. The molecule has 0 amide bonds. The molecule has 2 heteroatoms. The van der Waals surface area contributed by atoms with Gasteiger partial charge in [-0.3, -0.25) is 0 Å². The first-order chi connectivity index (χ1) is 10.6. The van der Waals surface area contributed by atoms with Crippen molar-refractivity contribution in [1.29, 1.82) is 0 Å². The van der Waals surface area contributed by atoms with Gasteiger partial charge in [0.2, 0.25) is 0 Å². The summed E-state index contributed by atoms with van der Waals surface area (Å²) in [5.41, 5.74) is 14.4. The molecular formula is C21H42N2. The summed E-state index contributed by atoms with van der Waals surface area (Å²) in [6, 6.07) is 0.123. The van der Waals surface area contributed by atoms with Crippen LogP contribution in [0.3, 0.4) is 0 Å². The number of hydrogen-bond acceptors (Lipinski definition) is 2. The second-order valence-electron chi connectivity index (χ2n) is 10.1. The van der Waals surface area contributed by atoms with Gasteiger partial charge in [0.25, 0.3) is 0 Å². The fourth-order valence-corrected chi connectivity index (χ4v) is 6.79. The summed E-state index contributed by atoms with van der Waals surface area (Å²) in [4.78, 5) is 0. The summed E-state index contributed by atoms with van der Waals surface area (Å²) in [5.74, 6) is 1.92. The number of rotatable bonds is 4. The number of hydrogen-bond donors (Lipinski definition) is 2. The quantitative estimate of drug-likeness (QED) is 0.756. The van der Waals surface area contributed by atoms with E-state index in [0.717, 1.165) is 18.8 Å². The molecule has 0 radical (unpaired) electrons. The van der Waals surface area contributed by atoms with Crippen molar-refractivity contribution in [2.24, 2.45) is 40.1 Å². The maximum atomic E-state index is 7.31. The van der Waals surface area contributed by atoms with Crippen molar-refractivity contribution < 1.29 is 0 Å². The highest BCUT2D eigenvalue weighted by Crippen LogP contribution is 2.59. The van der Waals surface area contributed by atoms with Gasteiger partial charge in [0.1, 0.15) is 0 Å². The maximum absolute atomic E-state index is 7.31. The summed E-state index contributed by atoms with van der Waals surface area (Å²) in [6.07, 6.45) is 10.2. The normalized spacial score (nSPS) is 33.4. The van der Waals surface area contributed by atoms with Crippen LogP contribution in [0.15, 0.2) is 0 Å². The maximum Gasteiger partial charge on any atom is 0.0372 e. The largest absolute Gasteiger partial charge is 0.326 e. The Kier molecular flexibility index (Phi) is 5.58. The molecule has 0 aromatic heterocycles. The van der Waals surface area contributed by atoms with Gasteiger partial charge in [0, 0.05) is 11.6 Å². The molecular weight excluding hydrogens is 280 g/mol. The fourth-order valence-electron chi connectivity index (χ4n) is 6.79. The molecule has 2 aliphatic carbocycles. The van der Waals surface area contributed by atoms with E-state index >= 15 is 0 Å². The monoisotopic (exact) mass is 322 g/mol. The highest BCUT2D eigenvalue weighted by atomic mass is 14.9. The van der Waals surface area contributed by atoms with Crippen LogP contribution in [0.1, 0.15) is 92.9 Å². The first-order valence-corrected chi connectivity index (χ1v) is 10.1. The van der Waals surface area contributed by atoms with Crippen LogP contribution in [-0.2, 0) is 0 Å². The van der Waals surface area contributed by atoms with Gasteiger partial charge < -0.3 is 11.5 Å². The SMILES string of the molecule is CC(C)C(C(C)C)(C1CCCCC1)C1(N)CCC(C)(C)CC1N. The van der Waals surface area contributed by atoms with Crippen LogP contribution in [0.4, 0.5) is 0 Å². The second-order valence-corrected chi connectivity index (χ2v) is 10.1.